The van der Waals surface area contributed by atoms with Crippen molar-refractivity contribution in [2.24, 2.45) is 0 Å². The summed E-state index contributed by atoms with van der Waals surface area (Å²) < 4.78 is 14.2. The minimum absolute atomic E-state index is 0.170. The van der Waals surface area contributed by atoms with Crippen molar-refractivity contribution in [2.45, 2.75) is 6.54 Å². The summed E-state index contributed by atoms with van der Waals surface area (Å²) in [7, 11) is 0. The van der Waals surface area contributed by atoms with Crippen molar-refractivity contribution in [3.63, 3.8) is 0 Å². The molecule has 2 aromatic carbocycles. The molecule has 2 aromatic rings. The van der Waals surface area contributed by atoms with Gasteiger partial charge in [-0.1, -0.05) is 34.1 Å². The van der Waals surface area contributed by atoms with Crippen LogP contribution >= 0.6 is 15.9 Å². The molecular weight excluding hydrogens is 331 g/mol. The molecule has 110 valence electrons. The molecule has 0 atom stereocenters. The van der Waals surface area contributed by atoms with E-state index in [1.54, 1.807) is 4.90 Å². The van der Waals surface area contributed by atoms with E-state index in [0.29, 0.717) is 0 Å². The third-order valence-electron chi connectivity index (χ3n) is 4.06. The van der Waals surface area contributed by atoms with E-state index in [1.807, 2.05) is 12.1 Å². The molecule has 3 rings (SSSR count). The third kappa shape index (κ3) is 3.63. The number of anilines is 1. The SMILES string of the molecule is Fc1ccc(N2CC[NH+](Cc3ccccc3Br)CC2)cc1. The number of benzene rings is 2. The Morgan fingerprint density at radius 2 is 1.67 bits per heavy atom. The summed E-state index contributed by atoms with van der Waals surface area (Å²) in [6.07, 6.45) is 0. The number of rotatable bonds is 3. The summed E-state index contributed by atoms with van der Waals surface area (Å²) in [5, 5.41) is 0. The maximum Gasteiger partial charge on any atom is 0.123 e. The fraction of sp³-hybridized carbons (Fsp3) is 0.294. The monoisotopic (exact) mass is 349 g/mol. The van der Waals surface area contributed by atoms with E-state index in [-0.39, 0.29) is 5.82 Å². The maximum atomic E-state index is 13.0. The molecule has 0 aromatic heterocycles. The molecular formula is C17H19BrFN2+. The summed E-state index contributed by atoms with van der Waals surface area (Å²) in [5.41, 5.74) is 2.49. The van der Waals surface area contributed by atoms with Gasteiger partial charge in [0.05, 0.1) is 26.2 Å². The van der Waals surface area contributed by atoms with Gasteiger partial charge in [-0.15, -0.1) is 0 Å². The van der Waals surface area contributed by atoms with Gasteiger partial charge in [0.15, 0.2) is 0 Å². The fourth-order valence-corrected chi connectivity index (χ4v) is 3.25. The Morgan fingerprint density at radius 3 is 2.33 bits per heavy atom. The standard InChI is InChI=1S/C17H18BrFN2/c18-17-4-2-1-3-14(17)13-20-9-11-21(12-10-20)16-7-5-15(19)6-8-16/h1-8H,9-13H2/p+1. The summed E-state index contributed by atoms with van der Waals surface area (Å²) in [6, 6.07) is 15.2. The van der Waals surface area contributed by atoms with Crippen LogP contribution in [0.3, 0.4) is 0 Å². The third-order valence-corrected chi connectivity index (χ3v) is 4.83. The number of nitrogens with zero attached hydrogens (tertiary/aromatic N) is 1. The molecule has 1 aliphatic heterocycles. The zero-order chi connectivity index (χ0) is 14.7. The van der Waals surface area contributed by atoms with Crippen LogP contribution in [-0.4, -0.2) is 26.2 Å². The van der Waals surface area contributed by atoms with Crippen molar-refractivity contribution in [1.82, 2.24) is 0 Å². The highest BCUT2D eigenvalue weighted by molar-refractivity contribution is 9.10. The molecule has 21 heavy (non-hydrogen) atoms. The van der Waals surface area contributed by atoms with Crippen molar-refractivity contribution in [3.8, 4) is 0 Å². The highest BCUT2D eigenvalue weighted by atomic mass is 79.9. The smallest absolute Gasteiger partial charge is 0.123 e. The van der Waals surface area contributed by atoms with Gasteiger partial charge >= 0.3 is 0 Å². The number of halogens is 2. The van der Waals surface area contributed by atoms with E-state index in [1.165, 1.54) is 22.2 Å². The zero-order valence-corrected chi connectivity index (χ0v) is 13.4. The fourth-order valence-electron chi connectivity index (χ4n) is 2.82. The van der Waals surface area contributed by atoms with Gasteiger partial charge in [-0.3, -0.25) is 0 Å². The Bertz CT molecular complexity index is 592. The van der Waals surface area contributed by atoms with Gasteiger partial charge in [-0.2, -0.15) is 0 Å². The van der Waals surface area contributed by atoms with Crippen molar-refractivity contribution in [1.29, 1.82) is 0 Å². The second kappa shape index (κ2) is 6.58. The Labute approximate surface area is 133 Å². The molecule has 4 heteroatoms. The van der Waals surface area contributed by atoms with E-state index >= 15 is 0 Å². The van der Waals surface area contributed by atoms with Crippen LogP contribution in [0.2, 0.25) is 0 Å². The Morgan fingerprint density at radius 1 is 1.00 bits per heavy atom. The lowest BCUT2D eigenvalue weighted by molar-refractivity contribution is -0.914. The molecule has 0 radical (unpaired) electrons. The lowest BCUT2D eigenvalue weighted by Crippen LogP contribution is -3.13. The van der Waals surface area contributed by atoms with Gasteiger partial charge in [0.1, 0.15) is 12.4 Å². The first-order chi connectivity index (χ1) is 10.2. The predicted octanol–water partition coefficient (Wildman–Crippen LogP) is 2.49. The number of hydrogen-bond donors (Lipinski definition) is 1. The molecule has 0 amide bonds. The van der Waals surface area contributed by atoms with Gasteiger partial charge < -0.3 is 9.80 Å². The lowest BCUT2D eigenvalue weighted by Gasteiger charge is -2.33. The molecule has 0 saturated carbocycles. The van der Waals surface area contributed by atoms with Gasteiger partial charge in [0.25, 0.3) is 0 Å². The topological polar surface area (TPSA) is 7.68 Å². The van der Waals surface area contributed by atoms with Crippen LogP contribution in [0, 0.1) is 5.82 Å². The van der Waals surface area contributed by atoms with Crippen LogP contribution in [0.15, 0.2) is 53.0 Å². The van der Waals surface area contributed by atoms with Crippen LogP contribution < -0.4 is 9.80 Å². The second-order valence-electron chi connectivity index (χ2n) is 5.48. The second-order valence-corrected chi connectivity index (χ2v) is 6.34. The maximum absolute atomic E-state index is 13.0. The highest BCUT2D eigenvalue weighted by Gasteiger charge is 2.20. The average molecular weight is 350 g/mol. The van der Waals surface area contributed by atoms with E-state index in [9.17, 15) is 4.39 Å². The Hall–Kier alpha value is -1.39. The first-order valence-electron chi connectivity index (χ1n) is 7.30. The number of hydrogen-bond acceptors (Lipinski definition) is 1. The summed E-state index contributed by atoms with van der Waals surface area (Å²) in [4.78, 5) is 3.93. The molecule has 1 fully saturated rings. The Balaban J connectivity index is 1.58. The molecule has 0 aliphatic carbocycles. The first-order valence-corrected chi connectivity index (χ1v) is 8.09. The first kappa shape index (κ1) is 14.5. The van der Waals surface area contributed by atoms with Crippen LogP contribution in [0.4, 0.5) is 10.1 Å². The van der Waals surface area contributed by atoms with Crippen LogP contribution in [-0.2, 0) is 6.54 Å². The largest absolute Gasteiger partial charge is 0.360 e. The average Bonchev–Trinajstić information content (AvgIpc) is 2.51. The van der Waals surface area contributed by atoms with Gasteiger partial charge in [-0.25, -0.2) is 4.39 Å². The van der Waals surface area contributed by atoms with Crippen molar-refractivity contribution in [2.75, 3.05) is 31.1 Å². The molecule has 0 bridgehead atoms. The molecule has 1 N–H and O–H groups in total. The molecule has 1 heterocycles. The van der Waals surface area contributed by atoms with Crippen molar-refractivity contribution >= 4 is 21.6 Å². The van der Waals surface area contributed by atoms with Crippen molar-refractivity contribution < 1.29 is 9.29 Å². The molecule has 0 unspecified atom stereocenters. The number of nitrogens with one attached hydrogen (secondary N) is 1. The Kier molecular flexibility index (Phi) is 4.56. The van der Waals surface area contributed by atoms with Gasteiger partial charge in [0, 0.05) is 15.7 Å². The predicted molar refractivity (Wildman–Crippen MR) is 87.2 cm³/mol. The van der Waals surface area contributed by atoms with Gasteiger partial charge in [-0.05, 0) is 30.3 Å². The minimum atomic E-state index is -0.170. The number of piperazine rings is 1. The molecule has 1 saturated heterocycles. The van der Waals surface area contributed by atoms with E-state index in [0.717, 1.165) is 38.4 Å². The van der Waals surface area contributed by atoms with Crippen molar-refractivity contribution in [3.05, 3.63) is 64.4 Å². The zero-order valence-electron chi connectivity index (χ0n) is 11.9. The van der Waals surface area contributed by atoms with Crippen LogP contribution in [0.1, 0.15) is 5.56 Å². The summed E-state index contributed by atoms with van der Waals surface area (Å²) in [6.45, 7) is 5.31. The summed E-state index contributed by atoms with van der Waals surface area (Å²) >= 11 is 3.62. The molecule has 1 aliphatic rings. The molecule has 2 nitrogen and oxygen atoms in total. The minimum Gasteiger partial charge on any atom is -0.360 e. The van der Waals surface area contributed by atoms with E-state index in [2.05, 4.69) is 45.1 Å². The van der Waals surface area contributed by atoms with Gasteiger partial charge in [0.2, 0.25) is 0 Å². The van der Waals surface area contributed by atoms with E-state index < -0.39 is 0 Å². The summed E-state index contributed by atoms with van der Waals surface area (Å²) in [5.74, 6) is -0.170. The van der Waals surface area contributed by atoms with Crippen LogP contribution in [0.25, 0.3) is 0 Å². The normalized spacial score (nSPS) is 16.2. The quantitative estimate of drug-likeness (QED) is 0.894. The highest BCUT2D eigenvalue weighted by Crippen LogP contribution is 2.16. The van der Waals surface area contributed by atoms with E-state index in [4.69, 9.17) is 0 Å². The van der Waals surface area contributed by atoms with Crippen LogP contribution in [0.5, 0.6) is 0 Å². The lowest BCUT2D eigenvalue weighted by atomic mass is 10.2. The molecule has 0 spiro atoms. The number of quaternary nitrogens is 1.